The van der Waals surface area contributed by atoms with Gasteiger partial charge in [0, 0.05) is 6.54 Å². The molecule has 0 saturated carbocycles. The lowest BCUT2D eigenvalue weighted by molar-refractivity contribution is 0.0726. The zero-order valence-corrected chi connectivity index (χ0v) is 13.9. The van der Waals surface area contributed by atoms with E-state index in [9.17, 15) is 5.11 Å². The zero-order chi connectivity index (χ0) is 16.4. The number of hydrogen-bond donors (Lipinski definition) is 2. The summed E-state index contributed by atoms with van der Waals surface area (Å²) in [6.07, 6.45) is 4.29. The van der Waals surface area contributed by atoms with Crippen LogP contribution < -0.4 is 4.74 Å². The van der Waals surface area contributed by atoms with Gasteiger partial charge >= 0.3 is 0 Å². The topological polar surface area (TPSA) is 56.5 Å². The van der Waals surface area contributed by atoms with Gasteiger partial charge in [0.2, 0.25) is 0 Å². The number of allylic oxidation sites excluding steroid dienone is 1. The van der Waals surface area contributed by atoms with E-state index in [1.807, 2.05) is 18.0 Å². The van der Waals surface area contributed by atoms with Gasteiger partial charge in [-0.25, -0.2) is 0 Å². The third-order valence-corrected chi connectivity index (χ3v) is 3.96. The number of benzene rings is 1. The van der Waals surface area contributed by atoms with E-state index in [0.29, 0.717) is 17.9 Å². The normalized spacial score (nSPS) is 13.4. The number of ether oxygens (including phenoxy) is 1. The second kappa shape index (κ2) is 10.3. The lowest BCUT2D eigenvalue weighted by Crippen LogP contribution is -2.37. The molecule has 120 valence electrons. The van der Waals surface area contributed by atoms with E-state index in [4.69, 9.17) is 10.00 Å². The highest BCUT2D eigenvalue weighted by atomic mass is 32.1. The Morgan fingerprint density at radius 1 is 1.45 bits per heavy atom. The van der Waals surface area contributed by atoms with Crippen LogP contribution in [0.25, 0.3) is 0 Å². The van der Waals surface area contributed by atoms with Crippen molar-refractivity contribution in [3.63, 3.8) is 0 Å². The molecule has 0 aliphatic rings. The molecule has 0 amide bonds. The van der Waals surface area contributed by atoms with E-state index in [1.54, 1.807) is 24.3 Å². The lowest BCUT2D eigenvalue weighted by Gasteiger charge is -2.26. The molecular formula is C17H24N2O2S. The molecule has 0 aliphatic heterocycles. The number of rotatable bonds is 10. The predicted molar refractivity (Wildman–Crippen MR) is 92.1 cm³/mol. The Morgan fingerprint density at radius 2 is 2.14 bits per heavy atom. The molecule has 0 saturated heterocycles. The number of hydrogen-bond acceptors (Lipinski definition) is 5. The van der Waals surface area contributed by atoms with Gasteiger partial charge in [0.25, 0.3) is 0 Å². The van der Waals surface area contributed by atoms with Gasteiger partial charge < -0.3 is 9.84 Å². The van der Waals surface area contributed by atoms with Crippen LogP contribution >= 0.6 is 12.6 Å². The Bertz CT molecular complexity index is 484. The molecule has 0 spiro atoms. The molecule has 5 heteroatoms. The maximum atomic E-state index is 10.0. The van der Waals surface area contributed by atoms with Gasteiger partial charge in [-0.05, 0) is 50.6 Å². The number of nitrogens with zero attached hydrogens (tertiary/aromatic N) is 2. The Kier molecular flexibility index (Phi) is 8.68. The third kappa shape index (κ3) is 6.99. The van der Waals surface area contributed by atoms with Crippen molar-refractivity contribution in [2.24, 2.45) is 0 Å². The van der Waals surface area contributed by atoms with Crippen LogP contribution in [0.3, 0.4) is 0 Å². The Balaban J connectivity index is 2.30. The Labute approximate surface area is 138 Å². The van der Waals surface area contributed by atoms with Gasteiger partial charge in [-0.1, -0.05) is 6.08 Å². The Morgan fingerprint density at radius 3 is 2.73 bits per heavy atom. The summed E-state index contributed by atoms with van der Waals surface area (Å²) in [4.78, 5) is 2.01. The average Bonchev–Trinajstić information content (AvgIpc) is 2.53. The first-order chi connectivity index (χ1) is 10.6. The second-order valence-corrected chi connectivity index (χ2v) is 5.84. The van der Waals surface area contributed by atoms with Gasteiger partial charge in [-0.15, -0.1) is 6.58 Å². The first-order valence-electron chi connectivity index (χ1n) is 7.37. The van der Waals surface area contributed by atoms with Crippen LogP contribution in [0, 0.1) is 11.3 Å². The maximum Gasteiger partial charge on any atom is 0.119 e. The molecule has 0 fully saturated rings. The van der Waals surface area contributed by atoms with E-state index in [2.05, 4.69) is 25.3 Å². The van der Waals surface area contributed by atoms with E-state index in [0.717, 1.165) is 19.3 Å². The van der Waals surface area contributed by atoms with Gasteiger partial charge in [0.05, 0.1) is 17.0 Å². The number of aliphatic hydroxyl groups excluding tert-OH is 1. The van der Waals surface area contributed by atoms with Crippen molar-refractivity contribution in [2.45, 2.75) is 30.7 Å². The van der Waals surface area contributed by atoms with Crippen molar-refractivity contribution in [3.05, 3.63) is 42.5 Å². The summed E-state index contributed by atoms with van der Waals surface area (Å²) in [7, 11) is 1.94. The number of likely N-dealkylation sites (N-methyl/N-ethyl adjacent to an activating group) is 1. The molecule has 1 aromatic rings. The first kappa shape index (κ1) is 18.6. The van der Waals surface area contributed by atoms with Crippen molar-refractivity contribution in [2.75, 3.05) is 20.2 Å². The third-order valence-electron chi connectivity index (χ3n) is 3.30. The zero-order valence-electron chi connectivity index (χ0n) is 13.0. The van der Waals surface area contributed by atoms with Crippen LogP contribution in [0.4, 0.5) is 0 Å². The summed E-state index contributed by atoms with van der Waals surface area (Å²) in [5.74, 6) is 0.647. The number of nitriles is 1. The maximum absolute atomic E-state index is 10.0. The molecular weight excluding hydrogens is 296 g/mol. The van der Waals surface area contributed by atoms with Crippen LogP contribution in [0.15, 0.2) is 36.9 Å². The second-order valence-electron chi connectivity index (χ2n) is 5.24. The molecule has 0 aliphatic carbocycles. The number of unbranched alkanes of at least 4 members (excludes halogenated alkanes) is 1. The fourth-order valence-corrected chi connectivity index (χ4v) is 2.27. The molecule has 1 rings (SSSR count). The van der Waals surface area contributed by atoms with E-state index >= 15 is 0 Å². The van der Waals surface area contributed by atoms with Crippen LogP contribution in [0.2, 0.25) is 0 Å². The largest absolute Gasteiger partial charge is 0.491 e. The van der Waals surface area contributed by atoms with Crippen LogP contribution in [-0.2, 0) is 0 Å². The average molecular weight is 320 g/mol. The first-order valence-corrected chi connectivity index (χ1v) is 7.88. The summed E-state index contributed by atoms with van der Waals surface area (Å²) >= 11 is 4.54. The number of thiol groups is 1. The van der Waals surface area contributed by atoms with Crippen LogP contribution in [-0.4, -0.2) is 41.7 Å². The molecule has 2 unspecified atom stereocenters. The molecule has 0 bridgehead atoms. The summed E-state index contributed by atoms with van der Waals surface area (Å²) < 4.78 is 5.52. The molecule has 22 heavy (non-hydrogen) atoms. The standard InChI is InChI=1S/C17H24N2O2S/c1-3-4-5-6-17(22)19(2)12-15(20)13-21-16-9-7-14(11-18)8-10-16/h3,7-10,15,17,20,22H,1,4-6,12-13H2,2H3. The summed E-state index contributed by atoms with van der Waals surface area (Å²) in [5, 5.41) is 18.9. The summed E-state index contributed by atoms with van der Waals surface area (Å²) in [6.45, 7) is 4.41. The quantitative estimate of drug-likeness (QED) is 0.301. The van der Waals surface area contributed by atoms with Crippen molar-refractivity contribution in [1.82, 2.24) is 4.90 Å². The highest BCUT2D eigenvalue weighted by Gasteiger charge is 2.14. The highest BCUT2D eigenvalue weighted by Crippen LogP contribution is 2.14. The van der Waals surface area contributed by atoms with Gasteiger partial charge in [-0.2, -0.15) is 17.9 Å². The van der Waals surface area contributed by atoms with Crippen molar-refractivity contribution in [1.29, 1.82) is 5.26 Å². The van der Waals surface area contributed by atoms with E-state index < -0.39 is 6.10 Å². The number of aliphatic hydroxyl groups is 1. The van der Waals surface area contributed by atoms with E-state index in [-0.39, 0.29) is 12.0 Å². The minimum atomic E-state index is -0.588. The molecule has 0 aromatic heterocycles. The van der Waals surface area contributed by atoms with Gasteiger partial charge in [0.1, 0.15) is 18.5 Å². The fourth-order valence-electron chi connectivity index (χ4n) is 1.99. The monoisotopic (exact) mass is 320 g/mol. The van der Waals surface area contributed by atoms with Gasteiger partial charge in [0.15, 0.2) is 0 Å². The predicted octanol–water partition coefficient (Wildman–Crippen LogP) is 2.84. The highest BCUT2D eigenvalue weighted by molar-refractivity contribution is 7.80. The van der Waals surface area contributed by atoms with Crippen LogP contribution in [0.1, 0.15) is 24.8 Å². The minimum Gasteiger partial charge on any atom is -0.491 e. The SMILES string of the molecule is C=CCCCC(S)N(C)CC(O)COc1ccc(C#N)cc1. The van der Waals surface area contributed by atoms with Crippen molar-refractivity contribution < 1.29 is 9.84 Å². The lowest BCUT2D eigenvalue weighted by atomic mass is 10.2. The Hall–Kier alpha value is -1.48. The van der Waals surface area contributed by atoms with Gasteiger partial charge in [-0.3, -0.25) is 4.90 Å². The summed E-state index contributed by atoms with van der Waals surface area (Å²) in [5.41, 5.74) is 0.588. The van der Waals surface area contributed by atoms with E-state index in [1.165, 1.54) is 0 Å². The molecule has 4 nitrogen and oxygen atoms in total. The molecule has 0 heterocycles. The molecule has 2 atom stereocenters. The van der Waals surface area contributed by atoms with Crippen molar-refractivity contribution in [3.8, 4) is 11.8 Å². The van der Waals surface area contributed by atoms with Crippen LogP contribution in [0.5, 0.6) is 5.75 Å². The molecule has 0 radical (unpaired) electrons. The smallest absolute Gasteiger partial charge is 0.119 e. The fraction of sp³-hybridized carbons (Fsp3) is 0.471. The molecule has 1 aromatic carbocycles. The summed E-state index contributed by atoms with van der Waals surface area (Å²) in [6, 6.07) is 8.89. The molecule has 1 N–H and O–H groups in total. The minimum absolute atomic E-state index is 0.115. The van der Waals surface area contributed by atoms with Crippen molar-refractivity contribution >= 4 is 12.6 Å².